The normalized spacial score (nSPS) is 15.1. The largest absolute Gasteiger partial charge is 0.456 e. The van der Waals surface area contributed by atoms with Crippen molar-refractivity contribution in [3.63, 3.8) is 0 Å². The Hall–Kier alpha value is -2.49. The first-order chi connectivity index (χ1) is 11.3. The van der Waals surface area contributed by atoms with Crippen molar-refractivity contribution in [2.24, 2.45) is 5.73 Å². The van der Waals surface area contributed by atoms with Gasteiger partial charge in [-0.2, -0.15) is 0 Å². The third-order valence-electron chi connectivity index (χ3n) is 4.18. The molecule has 2 N–H and O–H groups in total. The Kier molecular flexibility index (Phi) is 3.99. The van der Waals surface area contributed by atoms with E-state index in [2.05, 4.69) is 22.8 Å². The number of carbonyl (C=O) groups excluding carboxylic acids is 1. The fraction of sp³-hybridized carbons (Fsp3) is 0.350. The molecule has 1 aliphatic heterocycles. The van der Waals surface area contributed by atoms with E-state index in [0.717, 1.165) is 28.6 Å². The molecule has 0 saturated carbocycles. The van der Waals surface area contributed by atoms with Gasteiger partial charge in [0.05, 0.1) is 17.0 Å². The van der Waals surface area contributed by atoms with Crippen LogP contribution in [-0.2, 0) is 16.1 Å². The zero-order chi connectivity index (χ0) is 17.5. The SMILES string of the molecule is CCC1=CCn2c(cc3ccccc32)C(N)=C1C(=O)OC(C)(C)C. The molecule has 0 spiro atoms. The molecular weight excluding hydrogens is 300 g/mol. The number of hydrogen-bond acceptors (Lipinski definition) is 3. The van der Waals surface area contributed by atoms with Crippen LogP contribution in [0.3, 0.4) is 0 Å². The van der Waals surface area contributed by atoms with Crippen LogP contribution < -0.4 is 5.73 Å². The number of nitrogens with two attached hydrogens (primary N) is 1. The summed E-state index contributed by atoms with van der Waals surface area (Å²) in [5.41, 5.74) is 9.82. The van der Waals surface area contributed by atoms with Crippen molar-refractivity contribution in [1.82, 2.24) is 4.57 Å². The monoisotopic (exact) mass is 324 g/mol. The van der Waals surface area contributed by atoms with Gasteiger partial charge < -0.3 is 15.0 Å². The predicted octanol–water partition coefficient (Wildman–Crippen LogP) is 4.00. The van der Waals surface area contributed by atoms with E-state index in [0.29, 0.717) is 17.8 Å². The topological polar surface area (TPSA) is 57.2 Å². The molecular formula is C20H24N2O2. The summed E-state index contributed by atoms with van der Waals surface area (Å²) in [6.45, 7) is 8.32. The van der Waals surface area contributed by atoms with Gasteiger partial charge in [-0.1, -0.05) is 31.2 Å². The number of rotatable bonds is 2. The van der Waals surface area contributed by atoms with Gasteiger partial charge in [0.2, 0.25) is 0 Å². The molecule has 2 heterocycles. The zero-order valence-electron chi connectivity index (χ0n) is 14.7. The second kappa shape index (κ2) is 5.86. The molecule has 126 valence electrons. The summed E-state index contributed by atoms with van der Waals surface area (Å²) in [7, 11) is 0. The maximum Gasteiger partial charge on any atom is 0.341 e. The van der Waals surface area contributed by atoms with E-state index in [4.69, 9.17) is 10.5 Å². The molecule has 2 aromatic rings. The molecule has 1 aromatic carbocycles. The van der Waals surface area contributed by atoms with Gasteiger partial charge in [0.15, 0.2) is 0 Å². The molecule has 0 radical (unpaired) electrons. The summed E-state index contributed by atoms with van der Waals surface area (Å²) in [4.78, 5) is 12.8. The summed E-state index contributed by atoms with van der Waals surface area (Å²) in [6, 6.07) is 10.2. The molecule has 3 rings (SSSR count). The highest BCUT2D eigenvalue weighted by atomic mass is 16.6. The van der Waals surface area contributed by atoms with Crippen LogP contribution in [0.5, 0.6) is 0 Å². The first kappa shape index (κ1) is 16.4. The second-order valence-corrected chi connectivity index (χ2v) is 7.07. The van der Waals surface area contributed by atoms with E-state index in [1.165, 1.54) is 0 Å². The van der Waals surface area contributed by atoms with E-state index < -0.39 is 5.60 Å². The van der Waals surface area contributed by atoms with Crippen LogP contribution in [-0.4, -0.2) is 16.1 Å². The number of hydrogen-bond donors (Lipinski definition) is 1. The Labute approximate surface area is 142 Å². The standard InChI is InChI=1S/C20H24N2O2/c1-5-13-10-11-22-15-9-7-6-8-14(15)12-16(22)18(21)17(13)19(23)24-20(2,3)4/h6-10,12H,5,11,21H2,1-4H3. The van der Waals surface area contributed by atoms with Crippen LogP contribution in [0.4, 0.5) is 0 Å². The molecule has 1 aromatic heterocycles. The average Bonchev–Trinajstić information content (AvgIpc) is 2.81. The molecule has 4 nitrogen and oxygen atoms in total. The van der Waals surface area contributed by atoms with Crippen molar-refractivity contribution in [1.29, 1.82) is 0 Å². The highest BCUT2D eigenvalue weighted by Crippen LogP contribution is 2.32. The van der Waals surface area contributed by atoms with Crippen molar-refractivity contribution >= 4 is 22.6 Å². The van der Waals surface area contributed by atoms with Crippen molar-refractivity contribution < 1.29 is 9.53 Å². The minimum atomic E-state index is -0.553. The van der Waals surface area contributed by atoms with Crippen LogP contribution >= 0.6 is 0 Å². The zero-order valence-corrected chi connectivity index (χ0v) is 14.7. The Morgan fingerprint density at radius 2 is 2.00 bits per heavy atom. The Bertz CT molecular complexity index is 863. The summed E-state index contributed by atoms with van der Waals surface area (Å²) in [6.07, 6.45) is 2.81. The quantitative estimate of drug-likeness (QED) is 0.849. The van der Waals surface area contributed by atoms with Gasteiger partial charge in [-0.05, 0) is 44.9 Å². The lowest BCUT2D eigenvalue weighted by Crippen LogP contribution is -2.26. The van der Waals surface area contributed by atoms with Gasteiger partial charge in [0.1, 0.15) is 5.60 Å². The molecule has 0 unspecified atom stereocenters. The number of allylic oxidation sites excluding steroid dienone is 1. The van der Waals surface area contributed by atoms with Gasteiger partial charge in [0.25, 0.3) is 0 Å². The van der Waals surface area contributed by atoms with Gasteiger partial charge in [0, 0.05) is 17.4 Å². The van der Waals surface area contributed by atoms with Crippen molar-refractivity contribution in [3.05, 3.63) is 53.2 Å². The first-order valence-corrected chi connectivity index (χ1v) is 8.33. The summed E-state index contributed by atoms with van der Waals surface area (Å²) >= 11 is 0. The Morgan fingerprint density at radius 3 is 2.67 bits per heavy atom. The van der Waals surface area contributed by atoms with Gasteiger partial charge >= 0.3 is 5.97 Å². The second-order valence-electron chi connectivity index (χ2n) is 7.07. The molecule has 1 aliphatic rings. The number of para-hydroxylation sites is 1. The first-order valence-electron chi connectivity index (χ1n) is 8.33. The van der Waals surface area contributed by atoms with Gasteiger partial charge in [-0.25, -0.2) is 4.79 Å². The van der Waals surface area contributed by atoms with Crippen LogP contribution in [0, 0.1) is 0 Å². The molecule has 0 bridgehead atoms. The van der Waals surface area contributed by atoms with Crippen molar-refractivity contribution in [2.75, 3.05) is 0 Å². The van der Waals surface area contributed by atoms with Gasteiger partial charge in [-0.15, -0.1) is 0 Å². The van der Waals surface area contributed by atoms with Crippen molar-refractivity contribution in [2.45, 2.75) is 46.3 Å². The number of carbonyl (C=O) groups is 1. The summed E-state index contributed by atoms with van der Waals surface area (Å²) in [5, 5.41) is 1.12. The molecule has 24 heavy (non-hydrogen) atoms. The number of benzene rings is 1. The molecule has 0 fully saturated rings. The van der Waals surface area contributed by atoms with Crippen LogP contribution in [0.15, 0.2) is 47.6 Å². The lowest BCUT2D eigenvalue weighted by Gasteiger charge is -2.22. The minimum Gasteiger partial charge on any atom is -0.456 e. The third kappa shape index (κ3) is 2.84. The maximum atomic E-state index is 12.8. The van der Waals surface area contributed by atoms with Crippen LogP contribution in [0.1, 0.15) is 39.8 Å². The average molecular weight is 324 g/mol. The summed E-state index contributed by atoms with van der Waals surface area (Å²) in [5.74, 6) is -0.355. The van der Waals surface area contributed by atoms with E-state index in [1.807, 2.05) is 45.9 Å². The predicted molar refractivity (Wildman–Crippen MR) is 97.3 cm³/mol. The number of fused-ring (bicyclic) bond motifs is 3. The fourth-order valence-corrected chi connectivity index (χ4v) is 3.13. The van der Waals surface area contributed by atoms with E-state index in [1.54, 1.807) is 0 Å². The third-order valence-corrected chi connectivity index (χ3v) is 4.18. The number of nitrogens with zero attached hydrogens (tertiary/aromatic N) is 1. The highest BCUT2D eigenvalue weighted by molar-refractivity contribution is 6.03. The lowest BCUT2D eigenvalue weighted by molar-refractivity contribution is -0.149. The van der Waals surface area contributed by atoms with E-state index in [9.17, 15) is 4.79 Å². The van der Waals surface area contributed by atoms with Crippen LogP contribution in [0.25, 0.3) is 16.6 Å². The van der Waals surface area contributed by atoms with E-state index in [-0.39, 0.29) is 5.97 Å². The molecule has 0 atom stereocenters. The Balaban J connectivity index is 2.19. The number of ether oxygens (including phenoxy) is 1. The molecule has 4 heteroatoms. The highest BCUT2D eigenvalue weighted by Gasteiger charge is 2.27. The Morgan fingerprint density at radius 1 is 1.29 bits per heavy atom. The maximum absolute atomic E-state index is 12.8. The van der Waals surface area contributed by atoms with Gasteiger partial charge in [-0.3, -0.25) is 0 Å². The summed E-state index contributed by atoms with van der Waals surface area (Å²) < 4.78 is 7.75. The smallest absolute Gasteiger partial charge is 0.341 e. The molecule has 0 aliphatic carbocycles. The number of aromatic nitrogens is 1. The van der Waals surface area contributed by atoms with Crippen molar-refractivity contribution in [3.8, 4) is 0 Å². The van der Waals surface area contributed by atoms with Crippen LogP contribution in [0.2, 0.25) is 0 Å². The number of esters is 1. The molecule has 0 amide bonds. The lowest BCUT2D eigenvalue weighted by atomic mass is 10.00. The van der Waals surface area contributed by atoms with E-state index >= 15 is 0 Å². The minimum absolute atomic E-state index is 0.355. The molecule has 0 saturated heterocycles. The fourth-order valence-electron chi connectivity index (χ4n) is 3.13.